The van der Waals surface area contributed by atoms with Gasteiger partial charge in [0.15, 0.2) is 11.5 Å². The van der Waals surface area contributed by atoms with Gasteiger partial charge in [-0.05, 0) is 50.5 Å². The third-order valence-electron chi connectivity index (χ3n) is 3.56. The first-order valence-electron chi connectivity index (χ1n) is 8.11. The van der Waals surface area contributed by atoms with Crippen LogP contribution in [0, 0.1) is 0 Å². The minimum absolute atomic E-state index is 0.0126. The van der Waals surface area contributed by atoms with Crippen molar-refractivity contribution in [1.82, 2.24) is 5.32 Å². The molecule has 0 bridgehead atoms. The molecule has 0 saturated carbocycles. The van der Waals surface area contributed by atoms with Crippen LogP contribution in [0.4, 0.5) is 0 Å². The number of rotatable bonds is 7. The average molecular weight is 354 g/mol. The molecule has 0 aliphatic carbocycles. The first kappa shape index (κ1) is 18.6. The Morgan fingerprint density at radius 2 is 2.29 bits per heavy atom. The molecule has 0 aromatic heterocycles. The molecule has 1 amide bonds. The minimum atomic E-state index is -0.164. The second kappa shape index (κ2) is 8.94. The van der Waals surface area contributed by atoms with Gasteiger partial charge >= 0.3 is 0 Å². The van der Waals surface area contributed by atoms with E-state index in [1.54, 1.807) is 25.3 Å². The molecule has 1 N–H and O–H groups in total. The Morgan fingerprint density at radius 3 is 2.92 bits per heavy atom. The van der Waals surface area contributed by atoms with Crippen molar-refractivity contribution in [1.29, 1.82) is 0 Å². The molecule has 1 atom stereocenters. The molecule has 1 fully saturated rings. The predicted molar refractivity (Wildman–Crippen MR) is 94.8 cm³/mol. The summed E-state index contributed by atoms with van der Waals surface area (Å²) in [7, 11) is 1.56. The van der Waals surface area contributed by atoms with Crippen LogP contribution >= 0.6 is 11.6 Å². The maximum absolute atomic E-state index is 11.9. The van der Waals surface area contributed by atoms with Gasteiger partial charge < -0.3 is 19.5 Å². The van der Waals surface area contributed by atoms with Crippen LogP contribution in [0.2, 0.25) is 5.02 Å². The highest BCUT2D eigenvalue weighted by molar-refractivity contribution is 6.32. The van der Waals surface area contributed by atoms with E-state index in [1.165, 1.54) is 6.08 Å². The van der Waals surface area contributed by atoms with E-state index in [0.29, 0.717) is 23.1 Å². The van der Waals surface area contributed by atoms with Crippen LogP contribution in [0.15, 0.2) is 18.2 Å². The number of carbonyl (C=O) groups is 1. The van der Waals surface area contributed by atoms with Gasteiger partial charge in [0, 0.05) is 19.2 Å². The summed E-state index contributed by atoms with van der Waals surface area (Å²) in [6.07, 6.45) is 5.33. The second-order valence-corrected chi connectivity index (χ2v) is 6.32. The fourth-order valence-corrected chi connectivity index (χ4v) is 2.70. The Labute approximate surface area is 147 Å². The van der Waals surface area contributed by atoms with E-state index in [1.807, 2.05) is 13.8 Å². The third kappa shape index (κ3) is 5.42. The molecule has 1 aliphatic rings. The molecule has 1 aliphatic heterocycles. The lowest BCUT2D eigenvalue weighted by molar-refractivity contribution is -0.116. The van der Waals surface area contributed by atoms with E-state index in [4.69, 9.17) is 25.8 Å². The summed E-state index contributed by atoms with van der Waals surface area (Å²) in [5, 5.41) is 3.28. The summed E-state index contributed by atoms with van der Waals surface area (Å²) in [6.45, 7) is 5.15. The van der Waals surface area contributed by atoms with Crippen molar-refractivity contribution in [2.75, 3.05) is 20.3 Å². The molecule has 1 aromatic carbocycles. The molecule has 6 heteroatoms. The fourth-order valence-electron chi connectivity index (χ4n) is 2.44. The van der Waals surface area contributed by atoms with Gasteiger partial charge in [-0.2, -0.15) is 0 Å². The van der Waals surface area contributed by atoms with E-state index >= 15 is 0 Å². The molecule has 0 radical (unpaired) electrons. The topological polar surface area (TPSA) is 56.8 Å². The zero-order chi connectivity index (χ0) is 17.5. The van der Waals surface area contributed by atoms with E-state index in [0.717, 1.165) is 25.0 Å². The normalized spacial score (nSPS) is 17.5. The maximum atomic E-state index is 11.9. The number of hydrogen-bond acceptors (Lipinski definition) is 4. The van der Waals surface area contributed by atoms with Crippen molar-refractivity contribution in [2.24, 2.45) is 0 Å². The summed E-state index contributed by atoms with van der Waals surface area (Å²) >= 11 is 6.26. The zero-order valence-electron chi connectivity index (χ0n) is 14.3. The number of ether oxygens (including phenoxy) is 3. The van der Waals surface area contributed by atoms with Crippen LogP contribution in [-0.4, -0.2) is 38.4 Å². The average Bonchev–Trinajstić information content (AvgIpc) is 3.06. The highest BCUT2D eigenvalue weighted by Gasteiger charge is 2.15. The molecular weight excluding hydrogens is 330 g/mol. The molecule has 1 heterocycles. The Bertz CT molecular complexity index is 595. The molecule has 1 aromatic rings. The predicted octanol–water partition coefficient (Wildman–Crippen LogP) is 3.44. The van der Waals surface area contributed by atoms with Gasteiger partial charge in [-0.15, -0.1) is 0 Å². The molecule has 5 nitrogen and oxygen atoms in total. The monoisotopic (exact) mass is 353 g/mol. The van der Waals surface area contributed by atoms with Crippen LogP contribution in [0.3, 0.4) is 0 Å². The zero-order valence-corrected chi connectivity index (χ0v) is 15.1. The molecule has 1 saturated heterocycles. The summed E-state index contributed by atoms with van der Waals surface area (Å²) in [5.74, 6) is 0.882. The van der Waals surface area contributed by atoms with E-state index in [-0.39, 0.29) is 18.1 Å². The fraction of sp³-hybridized carbons (Fsp3) is 0.500. The Hall–Kier alpha value is -1.72. The van der Waals surface area contributed by atoms with Crippen LogP contribution < -0.4 is 14.8 Å². The molecule has 24 heavy (non-hydrogen) atoms. The van der Waals surface area contributed by atoms with Crippen LogP contribution in [0.1, 0.15) is 32.3 Å². The Morgan fingerprint density at radius 1 is 1.50 bits per heavy atom. The molecule has 132 valence electrons. The Kier molecular flexibility index (Phi) is 6.94. The lowest BCUT2D eigenvalue weighted by Gasteiger charge is -2.15. The van der Waals surface area contributed by atoms with Crippen molar-refractivity contribution in [3.05, 3.63) is 28.8 Å². The second-order valence-electron chi connectivity index (χ2n) is 5.91. The lowest BCUT2D eigenvalue weighted by Crippen LogP contribution is -2.30. The third-order valence-corrected chi connectivity index (χ3v) is 3.84. The first-order chi connectivity index (χ1) is 11.5. The highest BCUT2D eigenvalue weighted by atomic mass is 35.5. The van der Waals surface area contributed by atoms with Gasteiger partial charge in [-0.25, -0.2) is 0 Å². The summed E-state index contributed by atoms with van der Waals surface area (Å²) < 4.78 is 16.5. The molecular formula is C18H24ClNO4. The van der Waals surface area contributed by atoms with Crippen molar-refractivity contribution < 1.29 is 19.0 Å². The van der Waals surface area contributed by atoms with Gasteiger partial charge in [0.2, 0.25) is 5.91 Å². The van der Waals surface area contributed by atoms with Crippen LogP contribution in [0.25, 0.3) is 6.08 Å². The number of nitrogens with one attached hydrogen (secondary N) is 1. The number of amides is 1. The van der Waals surface area contributed by atoms with Gasteiger partial charge in [0.05, 0.1) is 24.3 Å². The number of carbonyl (C=O) groups excluding carboxylic acids is 1. The van der Waals surface area contributed by atoms with Gasteiger partial charge in [0.1, 0.15) is 0 Å². The van der Waals surface area contributed by atoms with Gasteiger partial charge in [0.25, 0.3) is 0 Å². The van der Waals surface area contributed by atoms with Crippen molar-refractivity contribution >= 4 is 23.6 Å². The number of halogens is 1. The van der Waals surface area contributed by atoms with Crippen molar-refractivity contribution in [2.45, 2.75) is 38.9 Å². The quantitative estimate of drug-likeness (QED) is 0.763. The smallest absolute Gasteiger partial charge is 0.244 e. The minimum Gasteiger partial charge on any atom is -0.493 e. The number of benzene rings is 1. The number of methoxy groups -OCH3 is 1. The van der Waals surface area contributed by atoms with Gasteiger partial charge in [-0.1, -0.05) is 11.6 Å². The summed E-state index contributed by atoms with van der Waals surface area (Å²) in [6, 6.07) is 3.53. The standard InChI is InChI=1S/C18H24ClNO4/c1-12(2)24-18-15(19)9-13(10-16(18)22-3)6-7-17(21)20-11-14-5-4-8-23-14/h6-7,9-10,12,14H,4-5,8,11H2,1-3H3,(H,20,21)/b7-6+/t14-/m1/s1. The molecule has 0 unspecified atom stereocenters. The summed E-state index contributed by atoms with van der Waals surface area (Å²) in [4.78, 5) is 11.9. The van der Waals surface area contributed by atoms with Crippen LogP contribution in [-0.2, 0) is 9.53 Å². The van der Waals surface area contributed by atoms with E-state index in [9.17, 15) is 4.79 Å². The van der Waals surface area contributed by atoms with Crippen molar-refractivity contribution in [3.8, 4) is 11.5 Å². The summed E-state index contributed by atoms with van der Waals surface area (Å²) in [5.41, 5.74) is 0.764. The maximum Gasteiger partial charge on any atom is 0.244 e. The SMILES string of the molecule is COc1cc(/C=C/C(=O)NC[C@H]2CCCO2)cc(Cl)c1OC(C)C. The van der Waals surface area contributed by atoms with Crippen LogP contribution in [0.5, 0.6) is 11.5 Å². The molecule has 2 rings (SSSR count). The first-order valence-corrected chi connectivity index (χ1v) is 8.49. The van der Waals surface area contributed by atoms with E-state index < -0.39 is 0 Å². The van der Waals surface area contributed by atoms with Crippen molar-refractivity contribution in [3.63, 3.8) is 0 Å². The highest BCUT2D eigenvalue weighted by Crippen LogP contribution is 2.37. The number of hydrogen-bond donors (Lipinski definition) is 1. The largest absolute Gasteiger partial charge is 0.493 e. The van der Waals surface area contributed by atoms with E-state index in [2.05, 4.69) is 5.32 Å². The van der Waals surface area contributed by atoms with Gasteiger partial charge in [-0.3, -0.25) is 4.79 Å². The lowest BCUT2D eigenvalue weighted by atomic mass is 10.1. The molecule has 0 spiro atoms. The Balaban J connectivity index is 2.00.